The van der Waals surface area contributed by atoms with Crippen LogP contribution in [0.3, 0.4) is 0 Å². The molecule has 0 aromatic carbocycles. The van der Waals surface area contributed by atoms with E-state index in [2.05, 4.69) is 22.0 Å². The Hall–Kier alpha value is -1.44. The Balaban J connectivity index is 0.000000188. The van der Waals surface area contributed by atoms with Crippen molar-refractivity contribution in [3.8, 4) is 0 Å². The number of ether oxygens (including phenoxy) is 1. The number of aliphatic hydroxyl groups excluding tert-OH is 1. The van der Waals surface area contributed by atoms with Gasteiger partial charge in [-0.25, -0.2) is 14.5 Å². The minimum absolute atomic E-state index is 0.150. The van der Waals surface area contributed by atoms with Crippen LogP contribution < -0.4 is 5.73 Å². The molecular weight excluding hydrogens is 318 g/mol. The SMILES string of the molecule is CCC1(c2nc(Cl)c3cnc(N)nn23)CC1.OC1CCCOC1. The molecule has 0 radical (unpaired) electrons. The summed E-state index contributed by atoms with van der Waals surface area (Å²) in [6.07, 6.45) is 6.69. The molecule has 1 unspecified atom stereocenters. The van der Waals surface area contributed by atoms with Gasteiger partial charge in [0.15, 0.2) is 5.15 Å². The number of hydrogen-bond acceptors (Lipinski definition) is 6. The largest absolute Gasteiger partial charge is 0.391 e. The van der Waals surface area contributed by atoms with Gasteiger partial charge in [0, 0.05) is 12.0 Å². The second kappa shape index (κ2) is 6.59. The summed E-state index contributed by atoms with van der Waals surface area (Å²) in [5, 5.41) is 13.4. The molecule has 8 heteroatoms. The molecule has 0 amide bonds. The van der Waals surface area contributed by atoms with Crippen molar-refractivity contribution in [3.05, 3.63) is 17.2 Å². The summed E-state index contributed by atoms with van der Waals surface area (Å²) in [5.74, 6) is 1.17. The van der Waals surface area contributed by atoms with Gasteiger partial charge in [0.1, 0.15) is 11.3 Å². The third kappa shape index (κ3) is 3.41. The van der Waals surface area contributed by atoms with Gasteiger partial charge >= 0.3 is 0 Å². The van der Waals surface area contributed by atoms with Gasteiger partial charge in [0.2, 0.25) is 5.95 Å². The van der Waals surface area contributed by atoms with E-state index in [0.29, 0.717) is 11.8 Å². The van der Waals surface area contributed by atoms with Crippen LogP contribution in [0.5, 0.6) is 0 Å². The van der Waals surface area contributed by atoms with E-state index in [1.165, 1.54) is 0 Å². The summed E-state index contributed by atoms with van der Waals surface area (Å²) in [4.78, 5) is 8.34. The van der Waals surface area contributed by atoms with Crippen LogP contribution in [-0.2, 0) is 10.2 Å². The second-order valence-corrected chi connectivity index (χ2v) is 6.50. The normalized spacial score (nSPS) is 22.5. The maximum atomic E-state index is 8.78. The molecule has 7 nitrogen and oxygen atoms in total. The number of hydrogen-bond donors (Lipinski definition) is 2. The average molecular weight is 340 g/mol. The van der Waals surface area contributed by atoms with Gasteiger partial charge < -0.3 is 15.6 Å². The molecule has 1 aliphatic heterocycles. The van der Waals surface area contributed by atoms with Crippen LogP contribution in [0.4, 0.5) is 5.95 Å². The van der Waals surface area contributed by atoms with Gasteiger partial charge in [-0.3, -0.25) is 0 Å². The maximum Gasteiger partial charge on any atom is 0.238 e. The van der Waals surface area contributed by atoms with Gasteiger partial charge in [-0.05, 0) is 32.1 Å². The van der Waals surface area contributed by atoms with E-state index in [9.17, 15) is 0 Å². The van der Waals surface area contributed by atoms with E-state index in [-0.39, 0.29) is 17.5 Å². The van der Waals surface area contributed by atoms with E-state index in [1.807, 2.05) is 0 Å². The topological polar surface area (TPSA) is 98.6 Å². The number of imidazole rings is 1. The fourth-order valence-electron chi connectivity index (χ4n) is 2.82. The van der Waals surface area contributed by atoms with Crippen LogP contribution in [0, 0.1) is 0 Å². The summed E-state index contributed by atoms with van der Waals surface area (Å²) >= 11 is 6.07. The van der Waals surface area contributed by atoms with Crippen molar-refractivity contribution in [2.75, 3.05) is 18.9 Å². The first-order valence-electron chi connectivity index (χ1n) is 7.99. The van der Waals surface area contributed by atoms with Crippen LogP contribution in [-0.4, -0.2) is 44.0 Å². The molecule has 1 atom stereocenters. The fourth-order valence-corrected chi connectivity index (χ4v) is 3.03. The molecule has 1 saturated heterocycles. The van der Waals surface area contributed by atoms with Crippen molar-refractivity contribution in [2.24, 2.45) is 0 Å². The summed E-state index contributed by atoms with van der Waals surface area (Å²) in [7, 11) is 0. The standard InChI is InChI=1S/C10H12ClN5.C5H10O2/c1-2-10(3-4-10)8-14-7(11)6-5-13-9(12)15-16(6)8;6-5-2-1-3-7-4-5/h5H,2-4H2,1H3,(H2,12,15);5-6H,1-4H2. The highest BCUT2D eigenvalue weighted by atomic mass is 35.5. The third-order valence-corrected chi connectivity index (χ3v) is 4.78. The average Bonchev–Trinajstić information content (AvgIpc) is 3.28. The monoisotopic (exact) mass is 339 g/mol. The van der Waals surface area contributed by atoms with Crippen LogP contribution in [0.1, 0.15) is 44.9 Å². The number of fused-ring (bicyclic) bond motifs is 1. The number of halogens is 1. The number of nitrogen functional groups attached to an aromatic ring is 1. The molecule has 0 bridgehead atoms. The lowest BCUT2D eigenvalue weighted by Gasteiger charge is -2.15. The molecule has 23 heavy (non-hydrogen) atoms. The van der Waals surface area contributed by atoms with E-state index in [1.54, 1.807) is 10.7 Å². The Morgan fingerprint density at radius 3 is 2.83 bits per heavy atom. The number of rotatable bonds is 2. The number of nitrogens with zero attached hydrogens (tertiary/aromatic N) is 4. The zero-order valence-corrected chi connectivity index (χ0v) is 14.0. The predicted molar refractivity (Wildman–Crippen MR) is 87.5 cm³/mol. The second-order valence-electron chi connectivity index (χ2n) is 6.14. The van der Waals surface area contributed by atoms with Crippen LogP contribution in [0.15, 0.2) is 6.20 Å². The molecule has 2 aromatic heterocycles. The Labute approximate surface area is 139 Å². The fraction of sp³-hybridized carbons (Fsp3) is 0.667. The molecule has 1 saturated carbocycles. The van der Waals surface area contributed by atoms with E-state index in [0.717, 1.165) is 50.1 Å². The van der Waals surface area contributed by atoms with E-state index >= 15 is 0 Å². The summed E-state index contributed by atoms with van der Waals surface area (Å²) < 4.78 is 6.67. The minimum atomic E-state index is -0.186. The molecule has 2 aliphatic rings. The molecule has 0 spiro atoms. The zero-order chi connectivity index (χ0) is 16.4. The van der Waals surface area contributed by atoms with Crippen molar-refractivity contribution in [1.82, 2.24) is 19.6 Å². The summed E-state index contributed by atoms with van der Waals surface area (Å²) in [6, 6.07) is 0. The number of aromatic nitrogens is 4. The van der Waals surface area contributed by atoms with E-state index in [4.69, 9.17) is 27.2 Å². The number of nitrogens with two attached hydrogens (primary N) is 1. The number of aliphatic hydroxyl groups is 1. The highest BCUT2D eigenvalue weighted by Gasteiger charge is 2.46. The van der Waals surface area contributed by atoms with Crippen molar-refractivity contribution < 1.29 is 9.84 Å². The lowest BCUT2D eigenvalue weighted by Crippen LogP contribution is -2.21. The van der Waals surface area contributed by atoms with Crippen molar-refractivity contribution in [1.29, 1.82) is 0 Å². The lowest BCUT2D eigenvalue weighted by atomic mass is 10.0. The first kappa shape index (κ1) is 16.4. The maximum absolute atomic E-state index is 8.78. The highest BCUT2D eigenvalue weighted by molar-refractivity contribution is 6.32. The van der Waals surface area contributed by atoms with Gasteiger partial charge in [0.05, 0.1) is 18.9 Å². The molecular formula is C15H22ClN5O2. The smallest absolute Gasteiger partial charge is 0.238 e. The Bertz CT molecular complexity index is 680. The predicted octanol–water partition coefficient (Wildman–Crippen LogP) is 1.96. The Kier molecular flexibility index (Phi) is 4.70. The first-order chi connectivity index (χ1) is 11.1. The van der Waals surface area contributed by atoms with Gasteiger partial charge in [-0.15, -0.1) is 5.10 Å². The molecule has 1 aliphatic carbocycles. The van der Waals surface area contributed by atoms with Crippen LogP contribution >= 0.6 is 11.6 Å². The molecule has 2 fully saturated rings. The minimum Gasteiger partial charge on any atom is -0.391 e. The first-order valence-corrected chi connectivity index (χ1v) is 8.36. The quantitative estimate of drug-likeness (QED) is 0.867. The van der Waals surface area contributed by atoms with Gasteiger partial charge in [-0.1, -0.05) is 18.5 Å². The molecule has 126 valence electrons. The zero-order valence-electron chi connectivity index (χ0n) is 13.2. The number of anilines is 1. The van der Waals surface area contributed by atoms with E-state index < -0.39 is 0 Å². The van der Waals surface area contributed by atoms with Gasteiger partial charge in [-0.2, -0.15) is 0 Å². The summed E-state index contributed by atoms with van der Waals surface area (Å²) in [5.41, 5.74) is 6.47. The molecule has 3 heterocycles. The van der Waals surface area contributed by atoms with Crippen molar-refractivity contribution >= 4 is 23.1 Å². The molecule has 4 rings (SSSR count). The Morgan fingerprint density at radius 1 is 1.52 bits per heavy atom. The highest BCUT2D eigenvalue weighted by Crippen LogP contribution is 2.50. The van der Waals surface area contributed by atoms with Crippen molar-refractivity contribution in [3.63, 3.8) is 0 Å². The third-order valence-electron chi connectivity index (χ3n) is 4.51. The lowest BCUT2D eigenvalue weighted by molar-refractivity contribution is -0.00535. The molecule has 3 N–H and O–H groups in total. The van der Waals surface area contributed by atoms with Crippen LogP contribution in [0.2, 0.25) is 5.15 Å². The van der Waals surface area contributed by atoms with Crippen LogP contribution in [0.25, 0.3) is 5.52 Å². The molecule has 2 aromatic rings. The van der Waals surface area contributed by atoms with Gasteiger partial charge in [0.25, 0.3) is 0 Å². The Morgan fingerprint density at radius 2 is 2.30 bits per heavy atom. The van der Waals surface area contributed by atoms with Crippen molar-refractivity contribution in [2.45, 2.75) is 50.5 Å². The summed E-state index contributed by atoms with van der Waals surface area (Å²) in [6.45, 7) is 3.53.